The van der Waals surface area contributed by atoms with Gasteiger partial charge in [0.1, 0.15) is 0 Å². The van der Waals surface area contributed by atoms with Crippen LogP contribution in [0.1, 0.15) is 52.4 Å². The van der Waals surface area contributed by atoms with Gasteiger partial charge >= 0.3 is 0 Å². The van der Waals surface area contributed by atoms with Crippen molar-refractivity contribution < 1.29 is 0 Å². The van der Waals surface area contributed by atoms with Crippen molar-refractivity contribution in [3.63, 3.8) is 0 Å². The molecular weight excluding hydrogens is 168 g/mol. The van der Waals surface area contributed by atoms with E-state index >= 15 is 0 Å². The first-order chi connectivity index (χ1) is 6.91. The molecular formula is C14H23. The smallest absolute Gasteiger partial charge is 0.0308 e. The molecule has 0 aliphatic carbocycles. The van der Waals surface area contributed by atoms with Crippen molar-refractivity contribution in [1.29, 1.82) is 0 Å². The summed E-state index contributed by atoms with van der Waals surface area (Å²) in [5.41, 5.74) is 0. The van der Waals surface area contributed by atoms with Crippen molar-refractivity contribution in [3.05, 3.63) is 36.5 Å². The van der Waals surface area contributed by atoms with Crippen LogP contribution in [0.15, 0.2) is 30.4 Å². The van der Waals surface area contributed by atoms with Crippen molar-refractivity contribution >= 4 is 0 Å². The highest BCUT2D eigenvalue weighted by Crippen LogP contribution is 2.00. The predicted molar refractivity (Wildman–Crippen MR) is 65.1 cm³/mol. The van der Waals surface area contributed by atoms with Gasteiger partial charge in [0, 0.05) is 0 Å². The van der Waals surface area contributed by atoms with E-state index < -0.39 is 0 Å². The van der Waals surface area contributed by atoms with Gasteiger partial charge in [-0.05, 0) is 51.5 Å². The largest absolute Gasteiger partial charge is 0.0917 e. The minimum absolute atomic E-state index is 1.04. The number of allylic oxidation sites excluding steroid dienone is 6. The van der Waals surface area contributed by atoms with Crippen molar-refractivity contribution in [2.24, 2.45) is 0 Å². The first kappa shape index (κ1) is 13.2. The Hall–Kier alpha value is -0.780. The molecule has 0 aromatic heterocycles. The maximum Gasteiger partial charge on any atom is -0.0308 e. The van der Waals surface area contributed by atoms with E-state index in [-0.39, 0.29) is 0 Å². The van der Waals surface area contributed by atoms with Gasteiger partial charge in [0.15, 0.2) is 0 Å². The van der Waals surface area contributed by atoms with E-state index in [9.17, 15) is 0 Å². The Balaban J connectivity index is 3.14. The number of hydrogen-bond acceptors (Lipinski definition) is 0. The Kier molecular flexibility index (Phi) is 11.5. The van der Waals surface area contributed by atoms with E-state index in [0.717, 1.165) is 6.42 Å². The van der Waals surface area contributed by atoms with E-state index in [1.807, 2.05) is 0 Å². The highest BCUT2D eigenvalue weighted by atomic mass is 13.9. The lowest BCUT2D eigenvalue weighted by atomic mass is 10.2. The van der Waals surface area contributed by atoms with Crippen LogP contribution in [0.25, 0.3) is 0 Å². The maximum absolute atomic E-state index is 3.21. The highest BCUT2D eigenvalue weighted by molar-refractivity contribution is 4.87. The molecule has 0 rings (SSSR count). The fraction of sp³-hybridized carbons (Fsp3) is 0.571. The van der Waals surface area contributed by atoms with E-state index in [4.69, 9.17) is 0 Å². The second-order valence-corrected chi connectivity index (χ2v) is 3.31. The molecule has 0 saturated heterocycles. The lowest BCUT2D eigenvalue weighted by Gasteiger charge is -1.90. The third-order valence-electron chi connectivity index (χ3n) is 1.97. The summed E-state index contributed by atoms with van der Waals surface area (Å²) >= 11 is 0. The van der Waals surface area contributed by atoms with Crippen molar-refractivity contribution in [3.8, 4) is 0 Å². The Morgan fingerprint density at radius 3 is 2.36 bits per heavy atom. The standard InChI is InChI=1S/C14H23/c1-3-5-7-9-11-13-14-12-10-8-6-4-2/h3,5,8,11,13H,4,7,9-10,12,14H2,1-2H3. The van der Waals surface area contributed by atoms with Crippen molar-refractivity contribution in [2.45, 2.75) is 52.4 Å². The van der Waals surface area contributed by atoms with Crippen molar-refractivity contribution in [1.82, 2.24) is 0 Å². The van der Waals surface area contributed by atoms with Crippen LogP contribution in [-0.4, -0.2) is 0 Å². The van der Waals surface area contributed by atoms with Crippen LogP contribution < -0.4 is 0 Å². The molecule has 0 fully saturated rings. The summed E-state index contributed by atoms with van der Waals surface area (Å²) in [7, 11) is 0. The SMILES string of the molecule is CC=CCCC=CCCC/C=[C]/CC. The van der Waals surface area contributed by atoms with Gasteiger partial charge in [-0.25, -0.2) is 0 Å². The molecule has 0 atom stereocenters. The molecule has 0 heteroatoms. The molecule has 1 radical (unpaired) electrons. The summed E-state index contributed by atoms with van der Waals surface area (Å²) in [5.74, 6) is 0. The molecule has 0 aliphatic heterocycles. The number of unbranched alkanes of at least 4 members (excludes halogenated alkanes) is 3. The lowest BCUT2D eigenvalue weighted by molar-refractivity contribution is 0.857. The molecule has 0 spiro atoms. The molecule has 79 valence electrons. The van der Waals surface area contributed by atoms with Crippen LogP contribution in [0, 0.1) is 6.08 Å². The summed E-state index contributed by atoms with van der Waals surface area (Å²) in [4.78, 5) is 0. The Morgan fingerprint density at radius 2 is 1.64 bits per heavy atom. The summed E-state index contributed by atoms with van der Waals surface area (Å²) in [6.07, 6.45) is 21.3. The molecule has 0 saturated carbocycles. The molecule has 0 N–H and O–H groups in total. The molecule has 0 nitrogen and oxygen atoms in total. The highest BCUT2D eigenvalue weighted by Gasteiger charge is 1.80. The third kappa shape index (κ3) is 11.2. The second-order valence-electron chi connectivity index (χ2n) is 3.31. The fourth-order valence-corrected chi connectivity index (χ4v) is 1.18. The van der Waals surface area contributed by atoms with Gasteiger partial charge in [0.2, 0.25) is 0 Å². The zero-order valence-corrected chi connectivity index (χ0v) is 9.63. The summed E-state index contributed by atoms with van der Waals surface area (Å²) in [6.45, 7) is 4.19. The molecule has 0 amide bonds. The van der Waals surface area contributed by atoms with Gasteiger partial charge in [-0.15, -0.1) is 0 Å². The first-order valence-electron chi connectivity index (χ1n) is 5.73. The molecule has 0 heterocycles. The normalized spacial score (nSPS) is 12.4. The van der Waals surface area contributed by atoms with Gasteiger partial charge in [0.25, 0.3) is 0 Å². The predicted octanol–water partition coefficient (Wildman–Crippen LogP) is 4.84. The summed E-state index contributed by atoms with van der Waals surface area (Å²) in [5, 5.41) is 0. The lowest BCUT2D eigenvalue weighted by Crippen LogP contribution is -1.70. The summed E-state index contributed by atoms with van der Waals surface area (Å²) in [6, 6.07) is 0. The Morgan fingerprint density at radius 1 is 0.929 bits per heavy atom. The fourth-order valence-electron chi connectivity index (χ4n) is 1.18. The topological polar surface area (TPSA) is 0 Å². The minimum atomic E-state index is 1.04. The van der Waals surface area contributed by atoms with Crippen LogP contribution >= 0.6 is 0 Å². The van der Waals surface area contributed by atoms with Crippen LogP contribution in [0.3, 0.4) is 0 Å². The monoisotopic (exact) mass is 191 g/mol. The Labute approximate surface area is 89.4 Å². The van der Waals surface area contributed by atoms with E-state index in [2.05, 4.69) is 50.3 Å². The molecule has 0 aromatic carbocycles. The first-order valence-corrected chi connectivity index (χ1v) is 5.73. The van der Waals surface area contributed by atoms with Gasteiger partial charge in [0.05, 0.1) is 0 Å². The van der Waals surface area contributed by atoms with Crippen LogP contribution in [0.4, 0.5) is 0 Å². The van der Waals surface area contributed by atoms with E-state index in [0.29, 0.717) is 0 Å². The Bertz CT molecular complexity index is 172. The molecule has 0 aromatic rings. The van der Waals surface area contributed by atoms with Crippen molar-refractivity contribution in [2.75, 3.05) is 0 Å². The second kappa shape index (κ2) is 12.2. The van der Waals surface area contributed by atoms with Crippen LogP contribution in [0.5, 0.6) is 0 Å². The zero-order valence-electron chi connectivity index (χ0n) is 9.63. The number of hydrogen-bond donors (Lipinski definition) is 0. The van der Waals surface area contributed by atoms with Gasteiger partial charge < -0.3 is 0 Å². The quantitative estimate of drug-likeness (QED) is 0.380. The van der Waals surface area contributed by atoms with E-state index in [1.54, 1.807) is 0 Å². The van der Waals surface area contributed by atoms with Gasteiger partial charge in [-0.2, -0.15) is 0 Å². The zero-order chi connectivity index (χ0) is 10.5. The van der Waals surface area contributed by atoms with Gasteiger partial charge in [-0.1, -0.05) is 37.3 Å². The maximum atomic E-state index is 3.21. The van der Waals surface area contributed by atoms with Crippen LogP contribution in [0.2, 0.25) is 0 Å². The van der Waals surface area contributed by atoms with Gasteiger partial charge in [-0.3, -0.25) is 0 Å². The molecule has 0 unspecified atom stereocenters. The molecule has 0 aliphatic rings. The van der Waals surface area contributed by atoms with Crippen LogP contribution in [-0.2, 0) is 0 Å². The third-order valence-corrected chi connectivity index (χ3v) is 1.97. The molecule has 0 bridgehead atoms. The number of rotatable bonds is 8. The average Bonchev–Trinajstić information content (AvgIpc) is 2.21. The average molecular weight is 191 g/mol. The minimum Gasteiger partial charge on any atom is -0.0917 e. The summed E-state index contributed by atoms with van der Waals surface area (Å²) < 4.78 is 0. The molecule has 14 heavy (non-hydrogen) atoms. The van der Waals surface area contributed by atoms with E-state index in [1.165, 1.54) is 32.1 Å².